The van der Waals surface area contributed by atoms with Gasteiger partial charge in [-0.25, -0.2) is 4.90 Å². The van der Waals surface area contributed by atoms with Gasteiger partial charge in [-0.3, -0.25) is 9.59 Å². The van der Waals surface area contributed by atoms with Crippen LogP contribution in [0.15, 0.2) is 103 Å². The number of alkyl halides is 9. The number of aryl methyl sites for hydroxylation is 4. The van der Waals surface area contributed by atoms with Crippen LogP contribution >= 0.6 is 0 Å². The van der Waals surface area contributed by atoms with E-state index in [0.717, 1.165) is 22.6 Å². The van der Waals surface area contributed by atoms with Gasteiger partial charge in [-0.1, -0.05) is 42.0 Å². The Morgan fingerprint density at radius 1 is 0.466 bits per heavy atom. The minimum absolute atomic E-state index is 0.00972. The molecule has 7 aromatic rings. The summed E-state index contributed by atoms with van der Waals surface area (Å²) in [4.78, 5) is 29.6. The molecule has 8 rings (SSSR count). The van der Waals surface area contributed by atoms with Crippen molar-refractivity contribution in [1.82, 2.24) is 4.57 Å². The Morgan fingerprint density at radius 3 is 1.43 bits per heavy atom. The van der Waals surface area contributed by atoms with Gasteiger partial charge in [0.15, 0.2) is 0 Å². The van der Waals surface area contributed by atoms with Crippen LogP contribution in [0.3, 0.4) is 0 Å². The molecule has 0 atom stereocenters. The summed E-state index contributed by atoms with van der Waals surface area (Å²) in [5.74, 6) is -1.18. The maximum absolute atomic E-state index is 14.5. The van der Waals surface area contributed by atoms with Crippen molar-refractivity contribution in [2.75, 3.05) is 4.90 Å². The highest BCUT2D eigenvalue weighted by Crippen LogP contribution is 2.44. The summed E-state index contributed by atoms with van der Waals surface area (Å²) >= 11 is 0. The van der Waals surface area contributed by atoms with Crippen LogP contribution in [0.4, 0.5) is 45.2 Å². The molecule has 0 bridgehead atoms. The van der Waals surface area contributed by atoms with Crippen LogP contribution in [0, 0.1) is 27.7 Å². The summed E-state index contributed by atoms with van der Waals surface area (Å²) in [5.41, 5.74) is 0.501. The average Bonchev–Trinajstić information content (AvgIpc) is 3.59. The number of imide groups is 1. The molecule has 0 fully saturated rings. The van der Waals surface area contributed by atoms with E-state index in [1.54, 1.807) is 54.8 Å². The van der Waals surface area contributed by atoms with Crippen molar-refractivity contribution in [2.24, 2.45) is 0 Å². The molecular formula is C45H29F9N2O2. The number of fused-ring (bicyclic) bond motifs is 4. The van der Waals surface area contributed by atoms with Gasteiger partial charge in [0, 0.05) is 10.8 Å². The molecule has 2 amide bonds. The SMILES string of the molecule is Cc1cc(-c2ccc3c(c2)c2cc(-c4cc(C(F)(F)F)cc(C(F)(F)F)c4)ccc2n3-c2cccc3c2C(=O)N(c2c(C)cc(C)cc2C)C3=O)cc(C(F)(F)F)c1. The van der Waals surface area contributed by atoms with Crippen molar-refractivity contribution in [2.45, 2.75) is 46.2 Å². The third-order valence-electron chi connectivity index (χ3n) is 10.4. The third-order valence-corrected chi connectivity index (χ3v) is 10.4. The first kappa shape index (κ1) is 38.5. The minimum atomic E-state index is -5.10. The highest BCUT2D eigenvalue weighted by atomic mass is 19.4. The Hall–Kier alpha value is -6.37. The lowest BCUT2D eigenvalue weighted by molar-refractivity contribution is -0.143. The predicted molar refractivity (Wildman–Crippen MR) is 203 cm³/mol. The fourth-order valence-electron chi connectivity index (χ4n) is 8.06. The zero-order valence-electron chi connectivity index (χ0n) is 30.9. The van der Waals surface area contributed by atoms with E-state index < -0.39 is 47.0 Å². The van der Waals surface area contributed by atoms with Crippen LogP contribution in [0.5, 0.6) is 0 Å². The highest BCUT2D eigenvalue weighted by Gasteiger charge is 2.41. The van der Waals surface area contributed by atoms with E-state index in [2.05, 4.69) is 0 Å². The lowest BCUT2D eigenvalue weighted by atomic mass is 9.96. The first-order valence-corrected chi connectivity index (χ1v) is 17.8. The van der Waals surface area contributed by atoms with Gasteiger partial charge in [0.05, 0.1) is 50.2 Å². The van der Waals surface area contributed by atoms with Gasteiger partial charge >= 0.3 is 18.5 Å². The number of amides is 2. The van der Waals surface area contributed by atoms with Crippen molar-refractivity contribution >= 4 is 39.3 Å². The van der Waals surface area contributed by atoms with Crippen molar-refractivity contribution in [3.8, 4) is 27.9 Å². The topological polar surface area (TPSA) is 42.3 Å². The van der Waals surface area contributed by atoms with Gasteiger partial charge in [-0.2, -0.15) is 39.5 Å². The van der Waals surface area contributed by atoms with E-state index in [-0.39, 0.29) is 39.6 Å². The van der Waals surface area contributed by atoms with Gasteiger partial charge in [0.2, 0.25) is 0 Å². The molecule has 13 heteroatoms. The summed E-state index contributed by atoms with van der Waals surface area (Å²) in [6.45, 7) is 6.97. The number of carbonyl (C=O) groups excluding carboxylic acids is 2. The number of rotatable bonds is 4. The largest absolute Gasteiger partial charge is 0.416 e. The molecule has 0 N–H and O–H groups in total. The summed E-state index contributed by atoms with van der Waals surface area (Å²) in [7, 11) is 0. The second kappa shape index (κ2) is 13.1. The lowest BCUT2D eigenvalue weighted by Crippen LogP contribution is -2.31. The molecule has 294 valence electrons. The molecule has 58 heavy (non-hydrogen) atoms. The smallest absolute Gasteiger partial charge is 0.308 e. The molecule has 0 radical (unpaired) electrons. The molecule has 1 aliphatic heterocycles. The van der Waals surface area contributed by atoms with Crippen molar-refractivity contribution < 1.29 is 49.1 Å². The number of nitrogens with zero attached hydrogens (tertiary/aromatic N) is 2. The average molecular weight is 801 g/mol. The van der Waals surface area contributed by atoms with Gasteiger partial charge < -0.3 is 4.57 Å². The minimum Gasteiger partial charge on any atom is -0.308 e. The van der Waals surface area contributed by atoms with Crippen LogP contribution in [0.25, 0.3) is 49.7 Å². The Labute approximate surface area is 324 Å². The van der Waals surface area contributed by atoms with Gasteiger partial charge in [0.25, 0.3) is 11.8 Å². The second-order valence-electron chi connectivity index (χ2n) is 14.6. The molecule has 6 aromatic carbocycles. The van der Waals surface area contributed by atoms with Crippen LogP contribution in [0.2, 0.25) is 0 Å². The summed E-state index contributed by atoms with van der Waals surface area (Å²) in [6, 6.07) is 22.3. The van der Waals surface area contributed by atoms with E-state index >= 15 is 0 Å². The molecule has 2 heterocycles. The normalized spacial score (nSPS) is 13.6. The van der Waals surface area contributed by atoms with Crippen molar-refractivity contribution in [3.63, 3.8) is 0 Å². The Balaban J connectivity index is 1.40. The van der Waals surface area contributed by atoms with Gasteiger partial charge in [-0.05, 0) is 133 Å². The number of hydrogen-bond donors (Lipinski definition) is 0. The first-order chi connectivity index (χ1) is 27.1. The number of carbonyl (C=O) groups is 2. The summed E-state index contributed by atoms with van der Waals surface area (Å²) in [5, 5.41) is 0.671. The molecule has 0 unspecified atom stereocenters. The van der Waals surface area contributed by atoms with Crippen LogP contribution < -0.4 is 4.90 Å². The summed E-state index contributed by atoms with van der Waals surface area (Å²) in [6.07, 6.45) is -14.9. The second-order valence-corrected chi connectivity index (χ2v) is 14.6. The van der Waals surface area contributed by atoms with Crippen molar-refractivity contribution in [1.29, 1.82) is 0 Å². The number of benzene rings is 6. The summed E-state index contributed by atoms with van der Waals surface area (Å²) < 4.78 is 127. The Bertz CT molecular complexity index is 2840. The molecule has 0 spiro atoms. The Morgan fingerprint density at radius 2 is 0.931 bits per heavy atom. The highest BCUT2D eigenvalue weighted by molar-refractivity contribution is 6.36. The first-order valence-electron chi connectivity index (χ1n) is 17.8. The van der Waals surface area contributed by atoms with Gasteiger partial charge in [0.1, 0.15) is 0 Å². The lowest BCUT2D eigenvalue weighted by Gasteiger charge is -2.20. The van der Waals surface area contributed by atoms with Crippen LogP contribution in [-0.4, -0.2) is 16.4 Å². The molecule has 1 aromatic heterocycles. The third kappa shape index (κ3) is 6.38. The standard InChI is InChI=1S/C45H29F9N2O2/c1-22-12-24(3)40(25(4)13-22)56-41(57)33-6-5-7-38(39(33)42(56)58)55-36-10-8-26(28-14-23(2)15-30(16-28)43(46,47)48)19-34(36)35-20-27(9-11-37(35)55)29-17-31(44(49,50)51)21-32(18-29)45(52,53)54/h5-21H,1-4H3. The Kier molecular flexibility index (Phi) is 8.69. The van der Waals surface area contributed by atoms with E-state index in [9.17, 15) is 49.1 Å². The molecule has 0 saturated heterocycles. The molecule has 1 aliphatic rings. The number of anilines is 1. The van der Waals surface area contributed by atoms with Crippen molar-refractivity contribution in [3.05, 3.63) is 153 Å². The van der Waals surface area contributed by atoms with E-state index in [0.29, 0.717) is 61.9 Å². The monoisotopic (exact) mass is 800 g/mol. The number of aromatic nitrogens is 1. The predicted octanol–water partition coefficient (Wildman–Crippen LogP) is 13.2. The maximum Gasteiger partial charge on any atom is 0.416 e. The fourth-order valence-corrected chi connectivity index (χ4v) is 8.06. The molecule has 4 nitrogen and oxygen atoms in total. The zero-order valence-corrected chi connectivity index (χ0v) is 30.9. The molecule has 0 saturated carbocycles. The van der Waals surface area contributed by atoms with E-state index in [1.165, 1.54) is 31.2 Å². The van der Waals surface area contributed by atoms with Gasteiger partial charge in [-0.15, -0.1) is 0 Å². The van der Waals surface area contributed by atoms with Crippen LogP contribution in [-0.2, 0) is 18.5 Å². The van der Waals surface area contributed by atoms with Crippen LogP contribution in [0.1, 0.15) is 59.7 Å². The maximum atomic E-state index is 14.5. The number of hydrogen-bond acceptors (Lipinski definition) is 2. The van der Waals surface area contributed by atoms with E-state index in [1.807, 2.05) is 19.1 Å². The number of halogens is 9. The fraction of sp³-hybridized carbons (Fsp3) is 0.156. The zero-order chi connectivity index (χ0) is 41.8. The quantitative estimate of drug-likeness (QED) is 0.131. The molecular weight excluding hydrogens is 771 g/mol. The molecule has 0 aliphatic carbocycles. The van der Waals surface area contributed by atoms with E-state index in [4.69, 9.17) is 0 Å².